The summed E-state index contributed by atoms with van der Waals surface area (Å²) in [6.07, 6.45) is 2.29. The number of benzene rings is 1. The van der Waals surface area contributed by atoms with E-state index in [-0.39, 0.29) is 0 Å². The Labute approximate surface area is 130 Å². The van der Waals surface area contributed by atoms with Crippen molar-refractivity contribution in [2.45, 2.75) is 19.8 Å². The molecule has 3 heteroatoms. The summed E-state index contributed by atoms with van der Waals surface area (Å²) >= 11 is 9.02. The van der Waals surface area contributed by atoms with E-state index in [1.807, 2.05) is 11.3 Å². The van der Waals surface area contributed by atoms with Gasteiger partial charge in [0, 0.05) is 20.1 Å². The average Bonchev–Trinajstić information content (AvgIpc) is 2.76. The van der Waals surface area contributed by atoms with Crippen LogP contribution in [0.2, 0.25) is 0 Å². The van der Waals surface area contributed by atoms with Crippen molar-refractivity contribution < 1.29 is 0 Å². The van der Waals surface area contributed by atoms with E-state index in [0.717, 1.165) is 18.2 Å². The molecule has 0 bridgehead atoms. The van der Waals surface area contributed by atoms with Gasteiger partial charge in [0.15, 0.2) is 0 Å². The van der Waals surface area contributed by atoms with E-state index in [9.17, 15) is 0 Å². The zero-order valence-electron chi connectivity index (χ0n) is 10.3. The summed E-state index contributed by atoms with van der Waals surface area (Å²) in [4.78, 5) is 1.46. The molecule has 0 radical (unpaired) electrons. The van der Waals surface area contributed by atoms with Crippen molar-refractivity contribution >= 4 is 43.2 Å². The van der Waals surface area contributed by atoms with Crippen molar-refractivity contribution in [3.05, 3.63) is 56.2 Å². The standard InChI is InChI=1S/C15H16Br2S/c1-11-4-2-3-5-13(11)6-12(9-16)7-15-8-14(17)10-18-15/h2-5,8,10,12H,6-7,9H2,1H3. The predicted octanol–water partition coefficient (Wildman–Crippen LogP) is 5.62. The molecule has 1 aromatic carbocycles. The number of hydrogen-bond acceptors (Lipinski definition) is 1. The molecule has 0 nitrogen and oxygen atoms in total. The number of thiophene rings is 1. The van der Waals surface area contributed by atoms with Gasteiger partial charge in [-0.25, -0.2) is 0 Å². The van der Waals surface area contributed by atoms with Gasteiger partial charge in [0.1, 0.15) is 0 Å². The van der Waals surface area contributed by atoms with E-state index in [0.29, 0.717) is 5.92 Å². The summed E-state index contributed by atoms with van der Waals surface area (Å²) in [6.45, 7) is 2.20. The molecule has 2 rings (SSSR count). The third-order valence-corrected chi connectivity index (χ3v) is 5.74. The van der Waals surface area contributed by atoms with Crippen LogP contribution in [0.5, 0.6) is 0 Å². The normalized spacial score (nSPS) is 12.6. The highest BCUT2D eigenvalue weighted by molar-refractivity contribution is 9.10. The average molecular weight is 388 g/mol. The first-order valence-electron chi connectivity index (χ1n) is 6.02. The van der Waals surface area contributed by atoms with Crippen LogP contribution < -0.4 is 0 Å². The Morgan fingerprint density at radius 1 is 1.22 bits per heavy atom. The first-order valence-corrected chi connectivity index (χ1v) is 8.82. The molecule has 96 valence electrons. The molecule has 0 aliphatic rings. The summed E-state index contributed by atoms with van der Waals surface area (Å²) in [6, 6.07) is 10.9. The van der Waals surface area contributed by atoms with Crippen LogP contribution in [0.25, 0.3) is 0 Å². The number of alkyl halides is 1. The lowest BCUT2D eigenvalue weighted by molar-refractivity contribution is 0.595. The summed E-state index contributed by atoms with van der Waals surface area (Å²) in [5.74, 6) is 0.664. The maximum Gasteiger partial charge on any atom is 0.0285 e. The lowest BCUT2D eigenvalue weighted by Crippen LogP contribution is -2.10. The molecule has 1 aromatic heterocycles. The molecule has 0 saturated carbocycles. The molecule has 0 N–H and O–H groups in total. The molecule has 2 aromatic rings. The summed E-state index contributed by atoms with van der Waals surface area (Å²) < 4.78 is 1.20. The fraction of sp³-hybridized carbons (Fsp3) is 0.333. The van der Waals surface area contributed by atoms with Crippen molar-refractivity contribution in [1.29, 1.82) is 0 Å². The maximum atomic E-state index is 3.66. The predicted molar refractivity (Wildman–Crippen MR) is 87.9 cm³/mol. The topological polar surface area (TPSA) is 0 Å². The van der Waals surface area contributed by atoms with Crippen molar-refractivity contribution in [2.24, 2.45) is 5.92 Å². The van der Waals surface area contributed by atoms with Gasteiger partial charge in [0.05, 0.1) is 0 Å². The van der Waals surface area contributed by atoms with Gasteiger partial charge in [0.25, 0.3) is 0 Å². The van der Waals surface area contributed by atoms with Crippen LogP contribution in [-0.2, 0) is 12.8 Å². The van der Waals surface area contributed by atoms with E-state index in [1.54, 1.807) is 0 Å². The maximum absolute atomic E-state index is 3.66. The molecule has 0 saturated heterocycles. The molecular weight excluding hydrogens is 372 g/mol. The minimum atomic E-state index is 0.664. The zero-order chi connectivity index (χ0) is 13.0. The highest BCUT2D eigenvalue weighted by Crippen LogP contribution is 2.25. The van der Waals surface area contributed by atoms with Crippen LogP contribution in [0.4, 0.5) is 0 Å². The van der Waals surface area contributed by atoms with E-state index < -0.39 is 0 Å². The highest BCUT2D eigenvalue weighted by atomic mass is 79.9. The zero-order valence-corrected chi connectivity index (χ0v) is 14.3. The van der Waals surface area contributed by atoms with Crippen molar-refractivity contribution in [2.75, 3.05) is 5.33 Å². The largest absolute Gasteiger partial charge is 0.148 e. The van der Waals surface area contributed by atoms with Crippen molar-refractivity contribution in [3.8, 4) is 0 Å². The first-order chi connectivity index (χ1) is 8.69. The molecule has 0 amide bonds. The third kappa shape index (κ3) is 3.94. The number of aryl methyl sites for hydroxylation is 1. The van der Waals surface area contributed by atoms with E-state index in [2.05, 4.69) is 74.5 Å². The van der Waals surface area contributed by atoms with Gasteiger partial charge in [-0.05, 0) is 58.8 Å². The smallest absolute Gasteiger partial charge is 0.0285 e. The molecule has 0 aliphatic heterocycles. The number of rotatable bonds is 5. The first kappa shape index (κ1) is 14.3. The quantitative estimate of drug-likeness (QED) is 0.584. The Morgan fingerprint density at radius 3 is 2.61 bits per heavy atom. The summed E-state index contributed by atoms with van der Waals surface area (Å²) in [7, 11) is 0. The second kappa shape index (κ2) is 6.88. The lowest BCUT2D eigenvalue weighted by Gasteiger charge is -2.14. The van der Waals surface area contributed by atoms with E-state index in [4.69, 9.17) is 0 Å². The number of hydrogen-bond donors (Lipinski definition) is 0. The van der Waals surface area contributed by atoms with Crippen LogP contribution in [0, 0.1) is 12.8 Å². The van der Waals surface area contributed by atoms with Gasteiger partial charge in [-0.1, -0.05) is 40.2 Å². The van der Waals surface area contributed by atoms with E-state index >= 15 is 0 Å². The SMILES string of the molecule is Cc1ccccc1CC(CBr)Cc1cc(Br)cs1. The van der Waals surface area contributed by atoms with Gasteiger partial charge in [-0.15, -0.1) is 11.3 Å². The third-order valence-electron chi connectivity index (χ3n) is 3.10. The molecule has 1 unspecified atom stereocenters. The minimum absolute atomic E-state index is 0.664. The van der Waals surface area contributed by atoms with Crippen molar-refractivity contribution in [1.82, 2.24) is 0 Å². The molecule has 18 heavy (non-hydrogen) atoms. The van der Waals surface area contributed by atoms with Crippen LogP contribution in [-0.4, -0.2) is 5.33 Å². The van der Waals surface area contributed by atoms with Crippen LogP contribution in [0.3, 0.4) is 0 Å². The van der Waals surface area contributed by atoms with Gasteiger partial charge in [-0.2, -0.15) is 0 Å². The second-order valence-corrected chi connectivity index (χ2v) is 7.15. The van der Waals surface area contributed by atoms with Crippen LogP contribution in [0.1, 0.15) is 16.0 Å². The van der Waals surface area contributed by atoms with Crippen LogP contribution >= 0.6 is 43.2 Å². The Hall–Kier alpha value is -0.120. The Bertz CT molecular complexity index is 505. The van der Waals surface area contributed by atoms with Gasteiger partial charge in [-0.3, -0.25) is 0 Å². The lowest BCUT2D eigenvalue weighted by atomic mass is 9.95. The van der Waals surface area contributed by atoms with Gasteiger partial charge in [0.2, 0.25) is 0 Å². The summed E-state index contributed by atoms with van der Waals surface area (Å²) in [5.41, 5.74) is 2.87. The molecule has 1 heterocycles. The molecule has 0 fully saturated rings. The Balaban J connectivity index is 2.04. The van der Waals surface area contributed by atoms with Crippen LogP contribution in [0.15, 0.2) is 40.2 Å². The second-order valence-electron chi connectivity index (χ2n) is 4.59. The monoisotopic (exact) mass is 386 g/mol. The minimum Gasteiger partial charge on any atom is -0.148 e. The molecular formula is C15H16Br2S. The van der Waals surface area contributed by atoms with Gasteiger partial charge >= 0.3 is 0 Å². The Morgan fingerprint density at radius 2 is 2.00 bits per heavy atom. The van der Waals surface area contributed by atoms with Crippen molar-refractivity contribution in [3.63, 3.8) is 0 Å². The Kier molecular flexibility index (Phi) is 5.46. The fourth-order valence-corrected chi connectivity index (χ4v) is 4.10. The molecule has 0 spiro atoms. The van der Waals surface area contributed by atoms with E-state index in [1.165, 1.54) is 20.5 Å². The number of halogens is 2. The summed E-state index contributed by atoms with van der Waals surface area (Å²) in [5, 5.41) is 3.21. The van der Waals surface area contributed by atoms with Gasteiger partial charge < -0.3 is 0 Å². The highest BCUT2D eigenvalue weighted by Gasteiger charge is 2.12. The molecule has 0 aliphatic carbocycles. The fourth-order valence-electron chi connectivity index (χ4n) is 2.08. The molecule has 1 atom stereocenters.